The monoisotopic (exact) mass is 792 g/mol. The molecule has 1 aliphatic heterocycles. The van der Waals surface area contributed by atoms with Crippen molar-refractivity contribution in [2.24, 2.45) is 4.99 Å². The number of ether oxygens (including phenoxy) is 1. The number of amidine groups is 1. The second kappa shape index (κ2) is 13.1. The molecule has 0 radical (unpaired) electrons. The molecule has 0 unspecified atom stereocenters. The van der Waals surface area contributed by atoms with Gasteiger partial charge in [-0.3, -0.25) is 9.69 Å². The molecule has 0 N–H and O–H groups in total. The highest BCUT2D eigenvalue weighted by molar-refractivity contribution is 9.11. The first-order valence-corrected chi connectivity index (χ1v) is 16.3. The van der Waals surface area contributed by atoms with Crippen LogP contribution >= 0.6 is 82.8 Å². The largest absolute Gasteiger partial charge is 0.487 e. The molecular weight excluding hydrogens is 775 g/mol. The number of thioether (sulfide) groups is 1. The number of nitrogens with zero attached hydrogens (tertiary/aromatic N) is 2. The lowest BCUT2D eigenvalue weighted by Gasteiger charge is -2.17. The number of hydrogen-bond acceptors (Lipinski definition) is 4. The van der Waals surface area contributed by atoms with Crippen molar-refractivity contribution in [1.29, 1.82) is 0 Å². The minimum absolute atomic E-state index is 0.221. The number of amides is 1. The van der Waals surface area contributed by atoms with Crippen LogP contribution in [-0.4, -0.2) is 11.1 Å². The van der Waals surface area contributed by atoms with Gasteiger partial charge in [-0.05, 0) is 113 Å². The Morgan fingerprint density at radius 1 is 0.878 bits per heavy atom. The maximum Gasteiger partial charge on any atom is 0.271 e. The van der Waals surface area contributed by atoms with E-state index in [9.17, 15) is 4.79 Å². The van der Waals surface area contributed by atoms with Gasteiger partial charge in [0.25, 0.3) is 5.91 Å². The number of aliphatic imine (C=N–C) groups is 1. The SMILES string of the molecule is Cc1ccc(N=C2S/C(=C/c3cc(Br)cc(Br)c3OCc3ccc(Br)cc3)C(=O)N2c2ccc(C)c(Cl)c2)cc1Cl. The first-order chi connectivity index (χ1) is 19.6. The lowest BCUT2D eigenvalue weighted by molar-refractivity contribution is -0.113. The number of carbonyl (C=O) groups excluding carboxylic acids is 1. The fraction of sp³-hybridized carbons (Fsp3) is 0.0968. The van der Waals surface area contributed by atoms with Crippen molar-refractivity contribution >= 4 is 111 Å². The highest BCUT2D eigenvalue weighted by Crippen LogP contribution is 2.41. The first kappa shape index (κ1) is 30.4. The van der Waals surface area contributed by atoms with Crippen LogP contribution < -0.4 is 9.64 Å². The van der Waals surface area contributed by atoms with Crippen LogP contribution in [0.1, 0.15) is 22.3 Å². The summed E-state index contributed by atoms with van der Waals surface area (Å²) in [6, 6.07) is 22.9. The molecule has 0 saturated carbocycles. The number of rotatable bonds is 6. The Morgan fingerprint density at radius 3 is 2.24 bits per heavy atom. The summed E-state index contributed by atoms with van der Waals surface area (Å²) in [7, 11) is 0. The molecule has 208 valence electrons. The van der Waals surface area contributed by atoms with Gasteiger partial charge in [0.2, 0.25) is 0 Å². The zero-order chi connectivity index (χ0) is 29.3. The average molecular weight is 796 g/mol. The minimum atomic E-state index is -0.221. The van der Waals surface area contributed by atoms with Gasteiger partial charge < -0.3 is 4.74 Å². The Morgan fingerprint density at radius 2 is 1.56 bits per heavy atom. The fourth-order valence-electron chi connectivity index (χ4n) is 3.98. The van der Waals surface area contributed by atoms with E-state index in [4.69, 9.17) is 32.9 Å². The molecule has 1 aliphatic rings. The summed E-state index contributed by atoms with van der Waals surface area (Å²) in [4.78, 5) is 20.8. The van der Waals surface area contributed by atoms with E-state index >= 15 is 0 Å². The molecule has 10 heteroatoms. The van der Waals surface area contributed by atoms with E-state index in [0.717, 1.165) is 35.7 Å². The Kier molecular flexibility index (Phi) is 9.68. The minimum Gasteiger partial charge on any atom is -0.487 e. The summed E-state index contributed by atoms with van der Waals surface area (Å²) in [6.07, 6.45) is 1.83. The summed E-state index contributed by atoms with van der Waals surface area (Å²) in [6.45, 7) is 4.21. The summed E-state index contributed by atoms with van der Waals surface area (Å²) >= 11 is 24.8. The van der Waals surface area contributed by atoms with E-state index < -0.39 is 0 Å². The molecule has 0 atom stereocenters. The van der Waals surface area contributed by atoms with Crippen LogP contribution in [0.15, 0.2) is 96.1 Å². The van der Waals surface area contributed by atoms with Gasteiger partial charge in [0.05, 0.1) is 20.8 Å². The van der Waals surface area contributed by atoms with E-state index in [-0.39, 0.29) is 5.91 Å². The molecule has 4 nitrogen and oxygen atoms in total. The standard InChI is InChI=1S/C31H21Br3Cl2N2O2S/c1-17-3-9-23(14-26(17)35)37-31-38(24-10-4-18(2)27(36)15-24)30(39)28(41-31)12-20-11-22(33)13-25(34)29(20)40-16-19-5-7-21(32)8-6-19/h3-15H,16H2,1-2H3/b28-12+,37-31?. The third-order valence-corrected chi connectivity index (χ3v) is 9.58. The summed E-state index contributed by atoms with van der Waals surface area (Å²) < 4.78 is 8.86. The molecule has 4 aromatic rings. The molecule has 0 aliphatic carbocycles. The molecule has 1 heterocycles. The van der Waals surface area contributed by atoms with Crippen molar-refractivity contribution in [3.63, 3.8) is 0 Å². The van der Waals surface area contributed by atoms with E-state index in [1.165, 1.54) is 11.8 Å². The van der Waals surface area contributed by atoms with Gasteiger partial charge in [-0.2, -0.15) is 0 Å². The molecule has 0 bridgehead atoms. The zero-order valence-electron chi connectivity index (χ0n) is 21.7. The quantitative estimate of drug-likeness (QED) is 0.183. The van der Waals surface area contributed by atoms with E-state index in [2.05, 4.69) is 47.8 Å². The highest BCUT2D eigenvalue weighted by Gasteiger charge is 2.35. The summed E-state index contributed by atoms with van der Waals surface area (Å²) in [5.41, 5.74) is 4.89. The molecule has 1 saturated heterocycles. The van der Waals surface area contributed by atoms with Crippen molar-refractivity contribution in [2.75, 3.05) is 4.90 Å². The third kappa shape index (κ3) is 7.12. The molecule has 0 spiro atoms. The number of anilines is 1. The van der Waals surface area contributed by atoms with Crippen molar-refractivity contribution in [2.45, 2.75) is 20.5 Å². The second-order valence-electron chi connectivity index (χ2n) is 9.23. The normalized spacial score (nSPS) is 15.3. The fourth-order valence-corrected chi connectivity index (χ4v) is 6.95. The first-order valence-electron chi connectivity index (χ1n) is 12.3. The van der Waals surface area contributed by atoms with E-state index in [1.54, 1.807) is 17.0 Å². The maximum atomic E-state index is 13.9. The molecule has 41 heavy (non-hydrogen) atoms. The van der Waals surface area contributed by atoms with E-state index in [1.807, 2.05) is 80.6 Å². The Hall–Kier alpha value is -2.07. The van der Waals surface area contributed by atoms with Crippen LogP contribution in [0, 0.1) is 13.8 Å². The Labute approximate surface area is 278 Å². The van der Waals surface area contributed by atoms with Crippen LogP contribution in [0.2, 0.25) is 10.0 Å². The Balaban J connectivity index is 1.56. The van der Waals surface area contributed by atoms with Crippen molar-refractivity contribution in [3.8, 4) is 5.75 Å². The predicted molar refractivity (Wildman–Crippen MR) is 183 cm³/mol. The average Bonchev–Trinajstić information content (AvgIpc) is 3.22. The zero-order valence-corrected chi connectivity index (χ0v) is 28.8. The predicted octanol–water partition coefficient (Wildman–Crippen LogP) is 11.3. The number of benzene rings is 4. The van der Waals surface area contributed by atoms with Crippen molar-refractivity contribution in [1.82, 2.24) is 0 Å². The van der Waals surface area contributed by atoms with Crippen LogP contribution in [0.4, 0.5) is 11.4 Å². The Bertz CT molecular complexity index is 1730. The van der Waals surface area contributed by atoms with Crippen LogP contribution in [0.3, 0.4) is 0 Å². The maximum absolute atomic E-state index is 13.9. The summed E-state index contributed by atoms with van der Waals surface area (Å²) in [5, 5.41) is 1.66. The summed E-state index contributed by atoms with van der Waals surface area (Å²) in [5.74, 6) is 0.402. The van der Waals surface area contributed by atoms with Gasteiger partial charge >= 0.3 is 0 Å². The van der Waals surface area contributed by atoms with Gasteiger partial charge in [-0.15, -0.1) is 0 Å². The van der Waals surface area contributed by atoms with Gasteiger partial charge in [-0.1, -0.05) is 79.3 Å². The topological polar surface area (TPSA) is 41.9 Å². The second-order valence-corrected chi connectivity index (χ2v) is 13.7. The van der Waals surface area contributed by atoms with Gasteiger partial charge in [0, 0.05) is 24.6 Å². The van der Waals surface area contributed by atoms with Crippen molar-refractivity contribution in [3.05, 3.63) is 123 Å². The molecule has 0 aromatic heterocycles. The smallest absolute Gasteiger partial charge is 0.271 e. The lowest BCUT2D eigenvalue weighted by atomic mass is 10.1. The van der Waals surface area contributed by atoms with Crippen LogP contribution in [-0.2, 0) is 11.4 Å². The molecule has 1 amide bonds. The number of hydrogen-bond donors (Lipinski definition) is 0. The number of halogens is 5. The van der Waals surface area contributed by atoms with E-state index in [0.29, 0.717) is 43.8 Å². The lowest BCUT2D eigenvalue weighted by Crippen LogP contribution is -2.28. The van der Waals surface area contributed by atoms with Crippen LogP contribution in [0.5, 0.6) is 5.75 Å². The molecule has 1 fully saturated rings. The highest BCUT2D eigenvalue weighted by atomic mass is 79.9. The molecule has 4 aromatic carbocycles. The molecular formula is C31H21Br3Cl2N2O2S. The van der Waals surface area contributed by atoms with Crippen LogP contribution in [0.25, 0.3) is 6.08 Å². The van der Waals surface area contributed by atoms with Gasteiger partial charge in [-0.25, -0.2) is 4.99 Å². The number of carbonyl (C=O) groups is 1. The van der Waals surface area contributed by atoms with Gasteiger partial charge in [0.15, 0.2) is 5.17 Å². The molecule has 5 rings (SSSR count). The number of aryl methyl sites for hydroxylation is 2. The van der Waals surface area contributed by atoms with Gasteiger partial charge in [0.1, 0.15) is 12.4 Å². The van der Waals surface area contributed by atoms with Crippen molar-refractivity contribution < 1.29 is 9.53 Å². The third-order valence-electron chi connectivity index (χ3n) is 6.22.